The summed E-state index contributed by atoms with van der Waals surface area (Å²) >= 11 is 5.94. The van der Waals surface area contributed by atoms with E-state index < -0.39 is 0 Å². The number of anilines is 1. The lowest BCUT2D eigenvalue weighted by atomic mass is 9.97. The maximum atomic E-state index is 11.2. The van der Waals surface area contributed by atoms with Crippen LogP contribution in [0.2, 0.25) is 5.02 Å². The van der Waals surface area contributed by atoms with Crippen molar-refractivity contribution in [2.45, 2.75) is 38.9 Å². The lowest BCUT2D eigenvalue weighted by Crippen LogP contribution is -2.57. The molecule has 104 valence electrons. The number of carbonyl (C=O) groups is 1. The SMILES string of the molecule is CC1(C)CN(c2ccc(Cl)cc2C=O)CC(C)(C)O1. The molecule has 0 N–H and O–H groups in total. The smallest absolute Gasteiger partial charge is 0.152 e. The summed E-state index contributed by atoms with van der Waals surface area (Å²) in [6, 6.07) is 5.43. The molecule has 0 bridgehead atoms. The summed E-state index contributed by atoms with van der Waals surface area (Å²) in [5.41, 5.74) is 1.05. The Morgan fingerprint density at radius 2 is 1.79 bits per heavy atom. The van der Waals surface area contributed by atoms with Crippen LogP contribution < -0.4 is 4.90 Å². The van der Waals surface area contributed by atoms with Gasteiger partial charge in [0.1, 0.15) is 0 Å². The zero-order chi connectivity index (χ0) is 14.3. The van der Waals surface area contributed by atoms with Crippen LogP contribution in [0.15, 0.2) is 18.2 Å². The third-order valence-electron chi connectivity index (χ3n) is 3.15. The number of ether oxygens (including phenoxy) is 1. The average molecular weight is 282 g/mol. The van der Waals surface area contributed by atoms with Crippen molar-refractivity contribution in [3.05, 3.63) is 28.8 Å². The van der Waals surface area contributed by atoms with Crippen molar-refractivity contribution in [3.8, 4) is 0 Å². The molecule has 1 aromatic carbocycles. The number of hydrogen-bond donors (Lipinski definition) is 0. The van der Waals surface area contributed by atoms with Crippen LogP contribution in [0.1, 0.15) is 38.1 Å². The Hall–Kier alpha value is -1.06. The van der Waals surface area contributed by atoms with Crippen LogP contribution in [0, 0.1) is 0 Å². The molecule has 0 radical (unpaired) electrons. The number of aldehydes is 1. The fourth-order valence-corrected chi connectivity index (χ4v) is 3.05. The normalized spacial score (nSPS) is 21.2. The number of nitrogens with zero attached hydrogens (tertiary/aromatic N) is 1. The largest absolute Gasteiger partial charge is 0.366 e. The Labute approximate surface area is 119 Å². The number of morpholine rings is 1. The Bertz CT molecular complexity index is 481. The van der Waals surface area contributed by atoms with E-state index in [4.69, 9.17) is 16.3 Å². The van der Waals surface area contributed by atoms with Crippen molar-refractivity contribution in [2.75, 3.05) is 18.0 Å². The van der Waals surface area contributed by atoms with Crippen LogP contribution in [0.25, 0.3) is 0 Å². The van der Waals surface area contributed by atoms with Crippen LogP contribution in [0.3, 0.4) is 0 Å². The molecule has 0 unspecified atom stereocenters. The highest BCUT2D eigenvalue weighted by atomic mass is 35.5. The molecule has 4 heteroatoms. The summed E-state index contributed by atoms with van der Waals surface area (Å²) in [4.78, 5) is 13.4. The van der Waals surface area contributed by atoms with E-state index in [1.807, 2.05) is 12.1 Å². The Morgan fingerprint density at radius 3 is 2.32 bits per heavy atom. The maximum Gasteiger partial charge on any atom is 0.152 e. The molecular weight excluding hydrogens is 262 g/mol. The maximum absolute atomic E-state index is 11.2. The summed E-state index contributed by atoms with van der Waals surface area (Å²) in [5.74, 6) is 0. The van der Waals surface area contributed by atoms with Crippen LogP contribution in [-0.4, -0.2) is 30.6 Å². The molecular formula is C15H20ClNO2. The summed E-state index contributed by atoms with van der Waals surface area (Å²) < 4.78 is 6.05. The summed E-state index contributed by atoms with van der Waals surface area (Å²) in [6.07, 6.45) is 0.858. The van der Waals surface area contributed by atoms with Crippen molar-refractivity contribution in [1.82, 2.24) is 0 Å². The highest BCUT2D eigenvalue weighted by molar-refractivity contribution is 6.31. The van der Waals surface area contributed by atoms with Crippen molar-refractivity contribution >= 4 is 23.6 Å². The monoisotopic (exact) mass is 281 g/mol. The Morgan fingerprint density at radius 1 is 1.21 bits per heavy atom. The quantitative estimate of drug-likeness (QED) is 0.777. The third kappa shape index (κ3) is 3.28. The van der Waals surface area contributed by atoms with Crippen molar-refractivity contribution in [3.63, 3.8) is 0 Å². The van der Waals surface area contributed by atoms with E-state index in [0.717, 1.165) is 25.1 Å². The predicted molar refractivity (Wildman–Crippen MR) is 78.3 cm³/mol. The number of rotatable bonds is 2. The van der Waals surface area contributed by atoms with Crippen LogP contribution in [0.5, 0.6) is 0 Å². The molecule has 1 aliphatic rings. The van der Waals surface area contributed by atoms with Crippen molar-refractivity contribution in [2.24, 2.45) is 0 Å². The minimum absolute atomic E-state index is 0.248. The third-order valence-corrected chi connectivity index (χ3v) is 3.39. The molecule has 0 saturated carbocycles. The molecule has 1 fully saturated rings. The highest BCUT2D eigenvalue weighted by Crippen LogP contribution is 2.33. The first-order valence-corrected chi connectivity index (χ1v) is 6.80. The molecule has 1 aliphatic heterocycles. The summed E-state index contributed by atoms with van der Waals surface area (Å²) in [5, 5.41) is 0.581. The summed E-state index contributed by atoms with van der Waals surface area (Å²) in [7, 11) is 0. The van der Waals surface area contributed by atoms with E-state index >= 15 is 0 Å². The van der Waals surface area contributed by atoms with Gasteiger partial charge in [0, 0.05) is 29.4 Å². The van der Waals surface area contributed by atoms with E-state index in [1.165, 1.54) is 0 Å². The van der Waals surface area contributed by atoms with Crippen LogP contribution in [0.4, 0.5) is 5.69 Å². The fraction of sp³-hybridized carbons (Fsp3) is 0.533. The van der Waals surface area contributed by atoms with Gasteiger partial charge in [0.15, 0.2) is 6.29 Å². The predicted octanol–water partition coefficient (Wildman–Crippen LogP) is 3.55. The molecule has 0 spiro atoms. The van der Waals surface area contributed by atoms with Gasteiger partial charge in [-0.1, -0.05) is 11.6 Å². The van der Waals surface area contributed by atoms with E-state index in [0.29, 0.717) is 10.6 Å². The van der Waals surface area contributed by atoms with Gasteiger partial charge in [0.25, 0.3) is 0 Å². The number of halogens is 1. The molecule has 2 rings (SSSR count). The number of carbonyl (C=O) groups excluding carboxylic acids is 1. The Balaban J connectivity index is 2.38. The van der Waals surface area contributed by atoms with Crippen LogP contribution in [-0.2, 0) is 4.74 Å². The van der Waals surface area contributed by atoms with E-state index in [1.54, 1.807) is 6.07 Å². The molecule has 3 nitrogen and oxygen atoms in total. The second-order valence-electron chi connectivity index (χ2n) is 6.30. The minimum Gasteiger partial charge on any atom is -0.366 e. The first kappa shape index (κ1) is 14.4. The molecule has 1 aromatic rings. The molecule has 0 atom stereocenters. The molecule has 1 saturated heterocycles. The number of benzene rings is 1. The van der Waals surface area contributed by atoms with Crippen molar-refractivity contribution < 1.29 is 9.53 Å². The minimum atomic E-state index is -0.248. The second-order valence-corrected chi connectivity index (χ2v) is 6.73. The molecule has 0 aromatic heterocycles. The Kier molecular flexibility index (Phi) is 3.63. The van der Waals surface area contributed by atoms with Gasteiger partial charge in [0.2, 0.25) is 0 Å². The van der Waals surface area contributed by atoms with Gasteiger partial charge in [-0.3, -0.25) is 4.79 Å². The first-order chi connectivity index (χ1) is 8.72. The van der Waals surface area contributed by atoms with Crippen molar-refractivity contribution in [1.29, 1.82) is 0 Å². The standard InChI is InChI=1S/C15H20ClNO2/c1-14(2)9-17(10-15(3,4)19-14)13-6-5-12(16)7-11(13)8-18/h5-8H,9-10H2,1-4H3. The van der Waals surface area contributed by atoms with Gasteiger partial charge >= 0.3 is 0 Å². The first-order valence-electron chi connectivity index (χ1n) is 6.42. The molecule has 0 aliphatic carbocycles. The van der Waals surface area contributed by atoms with Gasteiger partial charge < -0.3 is 9.64 Å². The van der Waals surface area contributed by atoms with E-state index in [-0.39, 0.29) is 11.2 Å². The molecule has 0 amide bonds. The topological polar surface area (TPSA) is 29.5 Å². The van der Waals surface area contributed by atoms with Crippen LogP contribution >= 0.6 is 11.6 Å². The lowest BCUT2D eigenvalue weighted by Gasteiger charge is -2.48. The van der Waals surface area contributed by atoms with E-state index in [9.17, 15) is 4.79 Å². The number of hydrogen-bond acceptors (Lipinski definition) is 3. The zero-order valence-electron chi connectivity index (χ0n) is 11.9. The van der Waals surface area contributed by atoms with Gasteiger partial charge in [-0.25, -0.2) is 0 Å². The van der Waals surface area contributed by atoms with Gasteiger partial charge in [-0.2, -0.15) is 0 Å². The van der Waals surface area contributed by atoms with Gasteiger partial charge in [-0.15, -0.1) is 0 Å². The van der Waals surface area contributed by atoms with Gasteiger partial charge in [0.05, 0.1) is 11.2 Å². The lowest BCUT2D eigenvalue weighted by molar-refractivity contribution is -0.133. The summed E-state index contributed by atoms with van der Waals surface area (Å²) in [6.45, 7) is 9.77. The zero-order valence-corrected chi connectivity index (χ0v) is 12.6. The second kappa shape index (κ2) is 4.80. The fourth-order valence-electron chi connectivity index (χ4n) is 2.87. The molecule has 1 heterocycles. The molecule has 19 heavy (non-hydrogen) atoms. The van der Waals surface area contributed by atoms with Gasteiger partial charge in [-0.05, 0) is 45.9 Å². The highest BCUT2D eigenvalue weighted by Gasteiger charge is 2.38. The van der Waals surface area contributed by atoms with E-state index in [2.05, 4.69) is 32.6 Å². The average Bonchev–Trinajstić information content (AvgIpc) is 2.24.